The largest absolute Gasteiger partial charge is 0.347 e. The number of aromatic amines is 1. The molecule has 0 fully saturated rings. The van der Waals surface area contributed by atoms with Crippen LogP contribution in [0.25, 0.3) is 10.8 Å². The molecule has 0 unspecified atom stereocenters. The zero-order valence-corrected chi connectivity index (χ0v) is 18.2. The monoisotopic (exact) mass is 444 g/mol. The van der Waals surface area contributed by atoms with E-state index < -0.39 is 11.7 Å². The molecule has 0 bridgehead atoms. The first kappa shape index (κ1) is 20.7. The standard InChI is InChI=1S/C24H21FN6O2/c1-30(2)24-26-11-15-12-31(13-21(15)27-24)23(33)18-9-14(7-8-19(18)25)10-20-16-5-3-4-6-17(16)22(32)29-28-20/h3-9,11H,10,12-13H2,1-2H3,(H,29,32). The molecule has 1 amide bonds. The molecule has 5 rings (SSSR count). The van der Waals surface area contributed by atoms with Gasteiger partial charge in [-0.15, -0.1) is 0 Å². The average molecular weight is 444 g/mol. The summed E-state index contributed by atoms with van der Waals surface area (Å²) in [5.41, 5.74) is 2.72. The number of fused-ring (bicyclic) bond motifs is 2. The molecule has 2 aromatic heterocycles. The Labute approximate surface area is 188 Å². The Hall–Kier alpha value is -4.14. The Morgan fingerprint density at radius 1 is 1.15 bits per heavy atom. The lowest BCUT2D eigenvalue weighted by Gasteiger charge is -2.16. The van der Waals surface area contributed by atoms with Crippen LogP contribution >= 0.6 is 0 Å². The van der Waals surface area contributed by atoms with E-state index in [1.165, 1.54) is 6.07 Å². The summed E-state index contributed by atoms with van der Waals surface area (Å²) in [4.78, 5) is 37.4. The van der Waals surface area contributed by atoms with E-state index in [4.69, 9.17) is 0 Å². The van der Waals surface area contributed by atoms with Crippen molar-refractivity contribution in [2.24, 2.45) is 0 Å². The van der Waals surface area contributed by atoms with Crippen LogP contribution in [-0.2, 0) is 19.5 Å². The van der Waals surface area contributed by atoms with Crippen LogP contribution in [0.5, 0.6) is 0 Å². The number of hydrogen-bond donors (Lipinski definition) is 1. The van der Waals surface area contributed by atoms with Crippen molar-refractivity contribution in [1.29, 1.82) is 0 Å². The fourth-order valence-corrected chi connectivity index (χ4v) is 4.02. The first-order valence-corrected chi connectivity index (χ1v) is 10.5. The normalized spacial score (nSPS) is 12.8. The van der Waals surface area contributed by atoms with Gasteiger partial charge in [-0.25, -0.2) is 19.5 Å². The summed E-state index contributed by atoms with van der Waals surface area (Å²) in [5, 5.41) is 7.95. The Bertz CT molecular complexity index is 1450. The van der Waals surface area contributed by atoms with Gasteiger partial charge in [0.05, 0.1) is 28.9 Å². The zero-order chi connectivity index (χ0) is 23.1. The van der Waals surface area contributed by atoms with Crippen LogP contribution in [0.3, 0.4) is 0 Å². The van der Waals surface area contributed by atoms with Crippen LogP contribution in [0, 0.1) is 5.82 Å². The topological polar surface area (TPSA) is 95.1 Å². The van der Waals surface area contributed by atoms with Crippen molar-refractivity contribution in [3.63, 3.8) is 0 Å². The zero-order valence-electron chi connectivity index (χ0n) is 18.2. The van der Waals surface area contributed by atoms with Gasteiger partial charge in [0.15, 0.2) is 0 Å². The first-order valence-electron chi connectivity index (χ1n) is 10.5. The van der Waals surface area contributed by atoms with Crippen molar-refractivity contribution in [2.75, 3.05) is 19.0 Å². The minimum atomic E-state index is -0.584. The molecular formula is C24H21FN6O2. The number of benzene rings is 2. The van der Waals surface area contributed by atoms with E-state index in [-0.39, 0.29) is 11.1 Å². The number of anilines is 1. The molecule has 2 aromatic carbocycles. The number of nitrogens with zero attached hydrogens (tertiary/aromatic N) is 5. The number of carbonyl (C=O) groups is 1. The van der Waals surface area contributed by atoms with Crippen LogP contribution in [0.1, 0.15) is 32.9 Å². The molecular weight excluding hydrogens is 423 g/mol. The highest BCUT2D eigenvalue weighted by molar-refractivity contribution is 5.95. The van der Waals surface area contributed by atoms with Gasteiger partial charge in [-0.05, 0) is 23.8 Å². The van der Waals surface area contributed by atoms with Crippen molar-refractivity contribution in [3.8, 4) is 0 Å². The van der Waals surface area contributed by atoms with Gasteiger partial charge >= 0.3 is 0 Å². The molecule has 0 radical (unpaired) electrons. The highest BCUT2D eigenvalue weighted by atomic mass is 19.1. The molecule has 4 aromatic rings. The Morgan fingerprint density at radius 3 is 2.73 bits per heavy atom. The van der Waals surface area contributed by atoms with E-state index in [1.807, 2.05) is 26.2 Å². The molecule has 0 saturated carbocycles. The van der Waals surface area contributed by atoms with Gasteiger partial charge in [-0.2, -0.15) is 5.10 Å². The van der Waals surface area contributed by atoms with Crippen LogP contribution in [0.2, 0.25) is 0 Å². The van der Waals surface area contributed by atoms with Crippen LogP contribution < -0.4 is 10.5 Å². The number of hydrogen-bond acceptors (Lipinski definition) is 6. The van der Waals surface area contributed by atoms with Crippen molar-refractivity contribution >= 4 is 22.6 Å². The highest BCUT2D eigenvalue weighted by Crippen LogP contribution is 2.25. The van der Waals surface area contributed by atoms with Gasteiger partial charge in [0.1, 0.15) is 5.82 Å². The molecule has 8 nitrogen and oxygen atoms in total. The third-order valence-corrected chi connectivity index (χ3v) is 5.74. The third kappa shape index (κ3) is 3.82. The third-order valence-electron chi connectivity index (χ3n) is 5.74. The Morgan fingerprint density at radius 2 is 1.94 bits per heavy atom. The van der Waals surface area contributed by atoms with Crippen LogP contribution in [0.15, 0.2) is 53.5 Å². The number of carbonyl (C=O) groups excluding carboxylic acids is 1. The number of rotatable bonds is 4. The molecule has 0 saturated heterocycles. The quantitative estimate of drug-likeness (QED) is 0.520. The second-order valence-corrected chi connectivity index (χ2v) is 8.23. The molecule has 166 valence electrons. The lowest BCUT2D eigenvalue weighted by atomic mass is 10.0. The molecule has 1 aliphatic heterocycles. The highest BCUT2D eigenvalue weighted by Gasteiger charge is 2.28. The van der Waals surface area contributed by atoms with Gasteiger partial charge in [-0.1, -0.05) is 24.3 Å². The number of amides is 1. The van der Waals surface area contributed by atoms with Crippen LogP contribution in [0.4, 0.5) is 10.3 Å². The number of aromatic nitrogens is 4. The van der Waals surface area contributed by atoms with Gasteiger partial charge < -0.3 is 9.80 Å². The summed E-state index contributed by atoms with van der Waals surface area (Å²) in [6, 6.07) is 11.7. The molecule has 0 atom stereocenters. The van der Waals surface area contributed by atoms with E-state index >= 15 is 0 Å². The van der Waals surface area contributed by atoms with Gasteiger partial charge in [0, 0.05) is 44.2 Å². The summed E-state index contributed by atoms with van der Waals surface area (Å²) in [6.07, 6.45) is 2.06. The number of nitrogens with one attached hydrogen (secondary N) is 1. The average Bonchev–Trinajstić information content (AvgIpc) is 3.25. The van der Waals surface area contributed by atoms with E-state index in [0.29, 0.717) is 36.5 Å². The van der Waals surface area contributed by atoms with Gasteiger partial charge in [0.2, 0.25) is 5.95 Å². The van der Waals surface area contributed by atoms with Crippen molar-refractivity contribution in [2.45, 2.75) is 19.5 Å². The van der Waals surface area contributed by atoms with Gasteiger partial charge in [-0.3, -0.25) is 9.59 Å². The second-order valence-electron chi connectivity index (χ2n) is 8.23. The van der Waals surface area contributed by atoms with Crippen LogP contribution in [-0.4, -0.2) is 45.1 Å². The molecule has 1 N–H and O–H groups in total. The fourth-order valence-electron chi connectivity index (χ4n) is 4.02. The minimum absolute atomic E-state index is 0.00479. The predicted octanol–water partition coefficient (Wildman–Crippen LogP) is 2.67. The molecule has 0 aliphatic carbocycles. The maximum Gasteiger partial charge on any atom is 0.272 e. The summed E-state index contributed by atoms with van der Waals surface area (Å²) in [5.74, 6) is -0.422. The number of halogens is 1. The molecule has 33 heavy (non-hydrogen) atoms. The van der Waals surface area contributed by atoms with E-state index in [0.717, 1.165) is 22.2 Å². The summed E-state index contributed by atoms with van der Waals surface area (Å²) in [7, 11) is 3.70. The second kappa shape index (κ2) is 8.09. The molecule has 9 heteroatoms. The van der Waals surface area contributed by atoms with Crippen molar-refractivity contribution < 1.29 is 9.18 Å². The first-order chi connectivity index (χ1) is 15.9. The summed E-state index contributed by atoms with van der Waals surface area (Å²) < 4.78 is 14.7. The maximum atomic E-state index is 14.7. The minimum Gasteiger partial charge on any atom is -0.347 e. The molecule has 0 spiro atoms. The van der Waals surface area contributed by atoms with E-state index in [9.17, 15) is 14.0 Å². The van der Waals surface area contributed by atoms with E-state index in [1.54, 1.807) is 40.3 Å². The summed E-state index contributed by atoms with van der Waals surface area (Å²) >= 11 is 0. The SMILES string of the molecule is CN(C)c1ncc2c(n1)CN(C(=O)c1cc(Cc3n[nH]c(=O)c4ccccc34)ccc1F)C2. The van der Waals surface area contributed by atoms with Gasteiger partial charge in [0.25, 0.3) is 11.5 Å². The Kier molecular flexibility index (Phi) is 5.08. The lowest BCUT2D eigenvalue weighted by molar-refractivity contribution is 0.0745. The molecule has 3 heterocycles. The van der Waals surface area contributed by atoms with E-state index in [2.05, 4.69) is 20.2 Å². The predicted molar refractivity (Wildman–Crippen MR) is 122 cm³/mol. The van der Waals surface area contributed by atoms with Crippen molar-refractivity contribution in [3.05, 3.63) is 92.9 Å². The maximum absolute atomic E-state index is 14.7. The van der Waals surface area contributed by atoms with Crippen molar-refractivity contribution in [1.82, 2.24) is 25.1 Å². The molecule has 1 aliphatic rings. The lowest BCUT2D eigenvalue weighted by Crippen LogP contribution is -2.26. The summed E-state index contributed by atoms with van der Waals surface area (Å²) in [6.45, 7) is 0.630. The number of H-pyrrole nitrogens is 1. The Balaban J connectivity index is 1.42. The fraction of sp³-hybridized carbons (Fsp3) is 0.208. The smallest absolute Gasteiger partial charge is 0.272 e.